The predicted octanol–water partition coefficient (Wildman–Crippen LogP) is 4.48. The summed E-state index contributed by atoms with van der Waals surface area (Å²) in [7, 11) is 0. The molecule has 1 saturated carbocycles. The van der Waals surface area contributed by atoms with E-state index in [-0.39, 0.29) is 11.9 Å². The molecule has 0 spiro atoms. The third-order valence-corrected chi connectivity index (χ3v) is 8.19. The maximum atomic E-state index is 13.0. The van der Waals surface area contributed by atoms with Crippen molar-refractivity contribution in [3.8, 4) is 10.4 Å². The van der Waals surface area contributed by atoms with Crippen LogP contribution in [0.2, 0.25) is 0 Å². The van der Waals surface area contributed by atoms with E-state index in [4.69, 9.17) is 0 Å². The van der Waals surface area contributed by atoms with Gasteiger partial charge in [0, 0.05) is 24.0 Å². The monoisotopic (exact) mass is 546 g/mol. The molecular formula is C24H25F3N8O2S. The van der Waals surface area contributed by atoms with Gasteiger partial charge in [-0.1, -0.05) is 11.3 Å². The fourth-order valence-electron chi connectivity index (χ4n) is 4.72. The highest BCUT2D eigenvalue weighted by Gasteiger charge is 2.51. The first-order valence-corrected chi connectivity index (χ1v) is 12.7. The second-order valence-corrected chi connectivity index (χ2v) is 10.7. The predicted molar refractivity (Wildman–Crippen MR) is 133 cm³/mol. The Morgan fingerprint density at radius 3 is 2.61 bits per heavy atom. The molecule has 0 radical (unpaired) electrons. The molecule has 1 atom stereocenters. The number of hydrogen-bond donors (Lipinski definition) is 4. The number of thiazole rings is 1. The van der Waals surface area contributed by atoms with E-state index in [1.54, 1.807) is 25.3 Å². The first-order valence-electron chi connectivity index (χ1n) is 11.9. The van der Waals surface area contributed by atoms with Crippen molar-refractivity contribution >= 4 is 23.0 Å². The molecule has 0 saturated heterocycles. The fourth-order valence-corrected chi connectivity index (χ4v) is 5.76. The number of alkyl halides is 3. The van der Waals surface area contributed by atoms with Crippen LogP contribution in [0.5, 0.6) is 0 Å². The Balaban J connectivity index is 1.35. The van der Waals surface area contributed by atoms with Gasteiger partial charge in [-0.3, -0.25) is 0 Å². The summed E-state index contributed by atoms with van der Waals surface area (Å²) in [6.45, 7) is 3.42. The molecule has 3 heterocycles. The topological polar surface area (TPSA) is 146 Å². The van der Waals surface area contributed by atoms with Gasteiger partial charge in [-0.2, -0.15) is 18.4 Å². The van der Waals surface area contributed by atoms with Crippen LogP contribution in [-0.2, 0) is 11.8 Å². The van der Waals surface area contributed by atoms with Gasteiger partial charge in [-0.05, 0) is 68.9 Å². The zero-order valence-corrected chi connectivity index (χ0v) is 21.3. The number of hydrogen-bond acceptors (Lipinski definition) is 10. The van der Waals surface area contributed by atoms with Crippen LogP contribution in [0.25, 0.3) is 10.4 Å². The lowest BCUT2D eigenvalue weighted by molar-refractivity contribution is -0.166. The quantitative estimate of drug-likeness (QED) is 0.275. The summed E-state index contributed by atoms with van der Waals surface area (Å²) in [5, 5.41) is 40.2. The first-order chi connectivity index (χ1) is 17.9. The van der Waals surface area contributed by atoms with E-state index < -0.39 is 23.1 Å². The number of aryl methyl sites for hydroxylation is 1. The largest absolute Gasteiger partial charge is 0.433 e. The van der Waals surface area contributed by atoms with Crippen LogP contribution < -0.4 is 5.32 Å². The summed E-state index contributed by atoms with van der Waals surface area (Å²) in [6, 6.07) is 6.21. The first kappa shape index (κ1) is 26.1. The third kappa shape index (κ3) is 5.11. The van der Waals surface area contributed by atoms with Gasteiger partial charge in [0.2, 0.25) is 5.95 Å². The van der Waals surface area contributed by atoms with Gasteiger partial charge in [-0.15, -0.1) is 21.5 Å². The highest BCUT2D eigenvalue weighted by Crippen LogP contribution is 2.47. The van der Waals surface area contributed by atoms with Crippen LogP contribution in [0.1, 0.15) is 60.6 Å². The van der Waals surface area contributed by atoms with Crippen molar-refractivity contribution in [2.75, 3.05) is 5.32 Å². The van der Waals surface area contributed by atoms with E-state index in [0.717, 1.165) is 28.3 Å². The van der Waals surface area contributed by atoms with Crippen LogP contribution in [0.4, 0.5) is 24.8 Å². The molecule has 1 aliphatic carbocycles. The molecule has 10 nitrogen and oxygen atoms in total. The summed E-state index contributed by atoms with van der Waals surface area (Å²) >= 11 is 1.24. The number of H-pyrrole nitrogens is 1. The molecular weight excluding hydrogens is 521 g/mol. The molecule has 200 valence electrons. The molecule has 14 heteroatoms. The smallest absolute Gasteiger partial charge is 0.386 e. The summed E-state index contributed by atoms with van der Waals surface area (Å²) in [6.07, 6.45) is -0.0600. The maximum absolute atomic E-state index is 13.0. The zero-order valence-electron chi connectivity index (χ0n) is 20.5. The number of benzene rings is 1. The molecule has 1 aromatic carbocycles. The van der Waals surface area contributed by atoms with Crippen LogP contribution in [0.3, 0.4) is 0 Å². The van der Waals surface area contributed by atoms with Crippen molar-refractivity contribution in [2.45, 2.75) is 62.8 Å². The average Bonchev–Trinajstić information content (AvgIpc) is 3.57. The molecule has 5 rings (SSSR count). The Bertz CT molecular complexity index is 1420. The second-order valence-electron chi connectivity index (χ2n) is 9.65. The molecule has 38 heavy (non-hydrogen) atoms. The Kier molecular flexibility index (Phi) is 6.65. The van der Waals surface area contributed by atoms with Gasteiger partial charge in [0.1, 0.15) is 16.3 Å². The van der Waals surface area contributed by atoms with E-state index in [2.05, 4.69) is 40.9 Å². The Hall–Kier alpha value is -3.49. The number of nitrogens with one attached hydrogen (secondary N) is 2. The van der Waals surface area contributed by atoms with Gasteiger partial charge in [0.25, 0.3) is 0 Å². The van der Waals surface area contributed by atoms with Crippen LogP contribution >= 0.6 is 11.3 Å². The normalized spacial score (nSPS) is 21.7. The number of anilines is 2. The molecule has 1 fully saturated rings. The minimum absolute atomic E-state index is 0.0516. The van der Waals surface area contributed by atoms with Crippen LogP contribution in [0.15, 0.2) is 36.7 Å². The van der Waals surface area contributed by atoms with Crippen LogP contribution in [-0.4, -0.2) is 51.4 Å². The van der Waals surface area contributed by atoms with E-state index in [0.29, 0.717) is 42.2 Å². The minimum atomic E-state index is -4.58. The van der Waals surface area contributed by atoms with Crippen molar-refractivity contribution in [2.24, 2.45) is 0 Å². The van der Waals surface area contributed by atoms with E-state index in [1.807, 2.05) is 13.0 Å². The molecule has 3 aromatic heterocycles. The molecule has 4 N–H and O–H groups in total. The fraction of sp³-hybridized carbons (Fsp3) is 0.417. The summed E-state index contributed by atoms with van der Waals surface area (Å²) in [4.78, 5) is 12.6. The van der Waals surface area contributed by atoms with Crippen LogP contribution in [0, 0.1) is 6.92 Å². The molecule has 1 aliphatic rings. The van der Waals surface area contributed by atoms with Crippen molar-refractivity contribution < 1.29 is 23.4 Å². The summed E-state index contributed by atoms with van der Waals surface area (Å²) in [5.41, 5.74) is -1.94. The number of aromatic amines is 1. The standard InChI is InChI=1S/C24H25F3N8O2S/c1-13-9-15(11-16(10-13)30-21-28-8-5-18(31-21)24(25,26)27)17-12-29-20(38-17)22(2,36)23(37)6-3-14(4-7-23)19-32-34-35-33-19/h5,8-12,14,36-37H,3-4,6-7H2,1-2H3,(H,28,30,31)(H,32,33,34,35)/t14?,22-,23?/m1/s1. The number of aliphatic hydroxyl groups is 2. The number of tetrazole rings is 1. The van der Waals surface area contributed by atoms with Crippen molar-refractivity contribution in [1.82, 2.24) is 35.6 Å². The Morgan fingerprint density at radius 2 is 1.92 bits per heavy atom. The number of rotatable bonds is 6. The maximum Gasteiger partial charge on any atom is 0.433 e. The van der Waals surface area contributed by atoms with E-state index in [1.165, 1.54) is 11.3 Å². The van der Waals surface area contributed by atoms with Gasteiger partial charge < -0.3 is 15.5 Å². The Labute approximate surface area is 219 Å². The average molecular weight is 547 g/mol. The lowest BCUT2D eigenvalue weighted by Crippen LogP contribution is -2.51. The van der Waals surface area contributed by atoms with Gasteiger partial charge in [-0.25, -0.2) is 15.0 Å². The van der Waals surface area contributed by atoms with Crippen molar-refractivity contribution in [3.05, 3.63) is 58.7 Å². The lowest BCUT2D eigenvalue weighted by Gasteiger charge is -2.44. The Morgan fingerprint density at radius 1 is 1.16 bits per heavy atom. The lowest BCUT2D eigenvalue weighted by atomic mass is 9.70. The molecule has 0 bridgehead atoms. The molecule has 4 aromatic rings. The second kappa shape index (κ2) is 9.67. The zero-order chi connectivity index (χ0) is 27.1. The van der Waals surface area contributed by atoms with Gasteiger partial charge in [0.05, 0.1) is 10.5 Å². The van der Waals surface area contributed by atoms with Crippen molar-refractivity contribution in [3.63, 3.8) is 0 Å². The van der Waals surface area contributed by atoms with Crippen molar-refractivity contribution in [1.29, 1.82) is 0 Å². The minimum Gasteiger partial charge on any atom is -0.386 e. The number of halogens is 3. The van der Waals surface area contributed by atoms with E-state index >= 15 is 0 Å². The van der Waals surface area contributed by atoms with Gasteiger partial charge in [0.15, 0.2) is 5.82 Å². The SMILES string of the molecule is Cc1cc(Nc2nccc(C(F)(F)F)n2)cc(-c2cnc([C@@](C)(O)C3(O)CCC(c4nn[nH]n4)CC3)s2)c1. The summed E-state index contributed by atoms with van der Waals surface area (Å²) in [5.74, 6) is 0.473. The highest BCUT2D eigenvalue weighted by molar-refractivity contribution is 7.15. The van der Waals surface area contributed by atoms with Gasteiger partial charge >= 0.3 is 6.18 Å². The number of nitrogens with zero attached hydrogens (tertiary/aromatic N) is 6. The summed E-state index contributed by atoms with van der Waals surface area (Å²) < 4.78 is 39.1. The molecule has 0 unspecified atom stereocenters. The molecule has 0 amide bonds. The highest BCUT2D eigenvalue weighted by atomic mass is 32.1. The number of aromatic nitrogens is 7. The molecule has 0 aliphatic heterocycles. The third-order valence-electron chi connectivity index (χ3n) is 6.93. The van der Waals surface area contributed by atoms with E-state index in [9.17, 15) is 23.4 Å².